The van der Waals surface area contributed by atoms with E-state index in [0.29, 0.717) is 17.6 Å². The molecule has 1 aliphatic heterocycles. The fourth-order valence-electron chi connectivity index (χ4n) is 3.25. The molecule has 146 valence electrons. The van der Waals surface area contributed by atoms with Gasteiger partial charge >= 0.3 is 0 Å². The van der Waals surface area contributed by atoms with Crippen molar-refractivity contribution in [2.45, 2.75) is 32.5 Å². The number of carbonyl (C=O) groups excluding carboxylic acids is 1. The van der Waals surface area contributed by atoms with Gasteiger partial charge in [-0.05, 0) is 55.8 Å². The molecule has 1 fully saturated rings. The van der Waals surface area contributed by atoms with Gasteiger partial charge < -0.3 is 15.4 Å². The van der Waals surface area contributed by atoms with E-state index in [1.807, 2.05) is 12.1 Å². The van der Waals surface area contributed by atoms with E-state index >= 15 is 0 Å². The molecule has 6 heteroatoms. The van der Waals surface area contributed by atoms with Crippen LogP contribution < -0.4 is 15.4 Å². The molecule has 5 nitrogen and oxygen atoms in total. The van der Waals surface area contributed by atoms with E-state index in [4.69, 9.17) is 4.74 Å². The van der Waals surface area contributed by atoms with Crippen molar-refractivity contribution in [1.29, 1.82) is 0 Å². The Kier molecular flexibility index (Phi) is 7.66. The third kappa shape index (κ3) is 5.70. The second-order valence-electron chi connectivity index (χ2n) is 6.97. The summed E-state index contributed by atoms with van der Waals surface area (Å²) < 4.78 is 5.13. The van der Waals surface area contributed by atoms with Gasteiger partial charge in [-0.25, -0.2) is 0 Å². The summed E-state index contributed by atoms with van der Waals surface area (Å²) in [6, 6.07) is 16.2. The Labute approximate surface area is 167 Å². The number of nitrogens with one attached hydrogen (secondary N) is 2. The maximum Gasteiger partial charge on any atom is 0.255 e. The molecule has 27 heavy (non-hydrogen) atoms. The predicted molar refractivity (Wildman–Crippen MR) is 112 cm³/mol. The van der Waals surface area contributed by atoms with E-state index in [2.05, 4.69) is 41.5 Å². The van der Waals surface area contributed by atoms with Crippen molar-refractivity contribution in [1.82, 2.24) is 10.2 Å². The molecule has 1 amide bonds. The molecule has 1 aliphatic rings. The fraction of sp³-hybridized carbons (Fsp3) is 0.381. The summed E-state index contributed by atoms with van der Waals surface area (Å²) in [7, 11) is 1.61. The van der Waals surface area contributed by atoms with Gasteiger partial charge in [0.25, 0.3) is 5.91 Å². The molecule has 0 saturated carbocycles. The van der Waals surface area contributed by atoms with Crippen molar-refractivity contribution in [2.75, 3.05) is 25.5 Å². The number of methoxy groups -OCH3 is 1. The van der Waals surface area contributed by atoms with Crippen molar-refractivity contribution in [2.24, 2.45) is 0 Å². The van der Waals surface area contributed by atoms with Crippen molar-refractivity contribution in [3.05, 3.63) is 59.7 Å². The topological polar surface area (TPSA) is 53.6 Å². The Hall–Kier alpha value is -2.08. The summed E-state index contributed by atoms with van der Waals surface area (Å²) in [6.07, 6.45) is 0. The lowest BCUT2D eigenvalue weighted by molar-refractivity contribution is 0.102. The zero-order valence-corrected chi connectivity index (χ0v) is 16.9. The van der Waals surface area contributed by atoms with E-state index in [-0.39, 0.29) is 18.3 Å². The minimum Gasteiger partial charge on any atom is -0.497 e. The van der Waals surface area contributed by atoms with Crippen molar-refractivity contribution in [3.8, 4) is 5.75 Å². The maximum absolute atomic E-state index is 12.4. The van der Waals surface area contributed by atoms with Crippen LogP contribution in [0.4, 0.5) is 5.69 Å². The largest absolute Gasteiger partial charge is 0.497 e. The van der Waals surface area contributed by atoms with Crippen LogP contribution in [0.3, 0.4) is 0 Å². The predicted octanol–water partition coefficient (Wildman–Crippen LogP) is 3.55. The van der Waals surface area contributed by atoms with Crippen LogP contribution in [0.25, 0.3) is 0 Å². The Bertz CT molecular complexity index is 751. The zero-order chi connectivity index (χ0) is 18.5. The van der Waals surface area contributed by atoms with Gasteiger partial charge in [0.2, 0.25) is 0 Å². The number of hydrogen-bond acceptors (Lipinski definition) is 4. The van der Waals surface area contributed by atoms with Crippen LogP contribution in [0.15, 0.2) is 48.5 Å². The smallest absolute Gasteiger partial charge is 0.255 e. The molecule has 0 aromatic heterocycles. The minimum absolute atomic E-state index is 0. The summed E-state index contributed by atoms with van der Waals surface area (Å²) in [5.74, 6) is 0.622. The Morgan fingerprint density at radius 2 is 1.96 bits per heavy atom. The molecule has 1 saturated heterocycles. The van der Waals surface area contributed by atoms with Gasteiger partial charge in [0.05, 0.1) is 7.11 Å². The average molecular weight is 390 g/mol. The summed E-state index contributed by atoms with van der Waals surface area (Å²) in [4.78, 5) is 14.9. The number of ether oxygens (including phenoxy) is 1. The number of amides is 1. The lowest BCUT2D eigenvalue weighted by Crippen LogP contribution is -2.53. The van der Waals surface area contributed by atoms with Crippen LogP contribution in [-0.4, -0.2) is 43.1 Å². The minimum atomic E-state index is -0.117. The first kappa shape index (κ1) is 21.2. The SMILES string of the molecule is COc1ccc(C(=O)Nc2cccc(CN3CC(C)NCC3C)c2)cc1.Cl. The van der Waals surface area contributed by atoms with E-state index in [1.165, 1.54) is 5.56 Å². The second kappa shape index (κ2) is 9.74. The fourth-order valence-corrected chi connectivity index (χ4v) is 3.25. The number of piperazine rings is 1. The number of anilines is 1. The molecule has 2 aromatic carbocycles. The first-order valence-corrected chi connectivity index (χ1v) is 9.07. The normalized spacial score (nSPS) is 19.8. The molecule has 0 bridgehead atoms. The van der Waals surface area contributed by atoms with Gasteiger partial charge in [-0.15, -0.1) is 12.4 Å². The summed E-state index contributed by atoms with van der Waals surface area (Å²) >= 11 is 0. The van der Waals surface area contributed by atoms with Crippen molar-refractivity contribution < 1.29 is 9.53 Å². The van der Waals surface area contributed by atoms with Crippen molar-refractivity contribution >= 4 is 24.0 Å². The third-order valence-electron chi connectivity index (χ3n) is 4.82. The molecule has 2 N–H and O–H groups in total. The van der Waals surface area contributed by atoms with Crippen LogP contribution in [0, 0.1) is 0 Å². The van der Waals surface area contributed by atoms with Gasteiger partial charge in [-0.2, -0.15) is 0 Å². The molecule has 0 aliphatic carbocycles. The van der Waals surface area contributed by atoms with Crippen molar-refractivity contribution in [3.63, 3.8) is 0 Å². The molecular formula is C21H28ClN3O2. The molecule has 0 radical (unpaired) electrons. The number of rotatable bonds is 5. The molecule has 2 aromatic rings. The highest BCUT2D eigenvalue weighted by Gasteiger charge is 2.22. The molecular weight excluding hydrogens is 362 g/mol. The molecule has 2 atom stereocenters. The van der Waals surface area contributed by atoms with Gasteiger partial charge in [-0.3, -0.25) is 9.69 Å². The first-order chi connectivity index (χ1) is 12.5. The molecule has 3 rings (SSSR count). The maximum atomic E-state index is 12.4. The highest BCUT2D eigenvalue weighted by Crippen LogP contribution is 2.18. The number of benzene rings is 2. The summed E-state index contributed by atoms with van der Waals surface area (Å²) in [5.41, 5.74) is 2.64. The Morgan fingerprint density at radius 3 is 2.67 bits per heavy atom. The molecule has 0 spiro atoms. The Balaban J connectivity index is 0.00000261. The quantitative estimate of drug-likeness (QED) is 0.821. The zero-order valence-electron chi connectivity index (χ0n) is 16.1. The summed E-state index contributed by atoms with van der Waals surface area (Å²) in [6.45, 7) is 7.39. The number of halogens is 1. The van der Waals surface area contributed by atoms with Gasteiger partial charge in [0, 0.05) is 43.0 Å². The summed E-state index contributed by atoms with van der Waals surface area (Å²) in [5, 5.41) is 6.49. The highest BCUT2D eigenvalue weighted by atomic mass is 35.5. The Morgan fingerprint density at radius 1 is 1.22 bits per heavy atom. The molecule has 1 heterocycles. The van der Waals surface area contributed by atoms with Gasteiger partial charge in [0.1, 0.15) is 5.75 Å². The van der Waals surface area contributed by atoms with Crippen LogP contribution in [-0.2, 0) is 6.54 Å². The monoisotopic (exact) mass is 389 g/mol. The number of carbonyl (C=O) groups is 1. The van der Waals surface area contributed by atoms with E-state index < -0.39 is 0 Å². The van der Waals surface area contributed by atoms with Crippen LogP contribution in [0.5, 0.6) is 5.75 Å². The lowest BCUT2D eigenvalue weighted by Gasteiger charge is -2.37. The lowest BCUT2D eigenvalue weighted by atomic mass is 10.1. The van der Waals surface area contributed by atoms with Gasteiger partial charge in [-0.1, -0.05) is 12.1 Å². The number of hydrogen-bond donors (Lipinski definition) is 2. The van der Waals surface area contributed by atoms with Crippen LogP contribution in [0.1, 0.15) is 29.8 Å². The van der Waals surface area contributed by atoms with E-state index in [9.17, 15) is 4.79 Å². The van der Waals surface area contributed by atoms with E-state index in [0.717, 1.165) is 31.1 Å². The van der Waals surface area contributed by atoms with Crippen LogP contribution >= 0.6 is 12.4 Å². The van der Waals surface area contributed by atoms with Crippen LogP contribution in [0.2, 0.25) is 0 Å². The van der Waals surface area contributed by atoms with Gasteiger partial charge in [0.15, 0.2) is 0 Å². The second-order valence-corrected chi connectivity index (χ2v) is 6.97. The average Bonchev–Trinajstić information content (AvgIpc) is 2.65. The number of nitrogens with zero attached hydrogens (tertiary/aromatic N) is 1. The molecule has 2 unspecified atom stereocenters. The van der Waals surface area contributed by atoms with E-state index in [1.54, 1.807) is 31.4 Å². The standard InChI is InChI=1S/C21H27N3O2.ClH/c1-15-13-24(16(2)12-22-15)14-17-5-4-6-19(11-17)23-21(25)18-7-9-20(26-3)10-8-18;/h4-11,15-16,22H,12-14H2,1-3H3,(H,23,25);1H. The highest BCUT2D eigenvalue weighted by molar-refractivity contribution is 6.04. The first-order valence-electron chi connectivity index (χ1n) is 9.07. The third-order valence-corrected chi connectivity index (χ3v) is 4.82.